The molecule has 1 aliphatic rings. The minimum Gasteiger partial charge on any atom is -0.348 e. The fourth-order valence-corrected chi connectivity index (χ4v) is 3.04. The van der Waals surface area contributed by atoms with E-state index in [1.165, 1.54) is 12.4 Å². The molecule has 136 valence electrons. The zero-order chi connectivity index (χ0) is 18.5. The third kappa shape index (κ3) is 4.56. The summed E-state index contributed by atoms with van der Waals surface area (Å²) in [6.07, 6.45) is 6.15. The van der Waals surface area contributed by atoms with E-state index in [4.69, 9.17) is 17.3 Å². The summed E-state index contributed by atoms with van der Waals surface area (Å²) < 4.78 is 0. The van der Waals surface area contributed by atoms with Crippen molar-refractivity contribution in [2.45, 2.75) is 37.8 Å². The van der Waals surface area contributed by atoms with Crippen LogP contribution in [0.1, 0.15) is 46.7 Å². The van der Waals surface area contributed by atoms with Crippen molar-refractivity contribution >= 4 is 29.1 Å². The number of nitrogens with two attached hydrogens (primary N) is 1. The Hall–Kier alpha value is -2.51. The van der Waals surface area contributed by atoms with Gasteiger partial charge in [0, 0.05) is 35.2 Å². The fraction of sp³-hybridized carbons (Fsp3) is 0.333. The molecule has 1 aliphatic carbocycles. The summed E-state index contributed by atoms with van der Waals surface area (Å²) in [6.45, 7) is 0. The van der Waals surface area contributed by atoms with Crippen LogP contribution in [0.25, 0.3) is 0 Å². The largest absolute Gasteiger partial charge is 0.348 e. The second kappa shape index (κ2) is 8.25. The van der Waals surface area contributed by atoms with Gasteiger partial charge in [0.1, 0.15) is 0 Å². The summed E-state index contributed by atoms with van der Waals surface area (Å²) in [7, 11) is 0. The Labute approximate surface area is 156 Å². The fourth-order valence-electron chi connectivity index (χ4n) is 2.91. The lowest BCUT2D eigenvalue weighted by Crippen LogP contribution is -2.41. The maximum Gasteiger partial charge on any atom is 0.276 e. The monoisotopic (exact) mass is 373 g/mol. The molecule has 0 spiro atoms. The molecule has 1 heterocycles. The summed E-state index contributed by atoms with van der Waals surface area (Å²) in [5.74, 6) is -0.906. The Balaban J connectivity index is 1.71. The van der Waals surface area contributed by atoms with Gasteiger partial charge in [0.15, 0.2) is 11.4 Å². The molecule has 0 aliphatic heterocycles. The summed E-state index contributed by atoms with van der Waals surface area (Å²) in [6, 6.07) is 6.89. The van der Waals surface area contributed by atoms with Crippen molar-refractivity contribution in [1.82, 2.24) is 15.3 Å². The van der Waals surface area contributed by atoms with E-state index in [2.05, 4.69) is 20.6 Å². The SMILES string of the molecule is NC1CCC(NC(=O)c2nccnc2C(=O)Nc2ccc(Cl)cc2)CC1. The molecule has 0 unspecified atom stereocenters. The van der Waals surface area contributed by atoms with Gasteiger partial charge in [-0.2, -0.15) is 0 Å². The number of benzene rings is 1. The average molecular weight is 374 g/mol. The molecule has 2 aromatic rings. The number of halogens is 1. The van der Waals surface area contributed by atoms with Crippen molar-refractivity contribution in [3.63, 3.8) is 0 Å². The predicted molar refractivity (Wildman–Crippen MR) is 99.1 cm³/mol. The molecule has 0 saturated heterocycles. The first-order valence-electron chi connectivity index (χ1n) is 8.47. The molecular formula is C18H20ClN5O2. The number of aromatic nitrogens is 2. The number of carbonyl (C=O) groups excluding carboxylic acids is 2. The highest BCUT2D eigenvalue weighted by atomic mass is 35.5. The van der Waals surface area contributed by atoms with Crippen LogP contribution in [0.5, 0.6) is 0 Å². The Morgan fingerprint density at radius 1 is 0.962 bits per heavy atom. The number of hydrogen-bond acceptors (Lipinski definition) is 5. The molecule has 2 amide bonds. The van der Waals surface area contributed by atoms with Crippen LogP contribution in [0.4, 0.5) is 5.69 Å². The lowest BCUT2D eigenvalue weighted by atomic mass is 9.92. The molecule has 1 aromatic carbocycles. The first-order valence-corrected chi connectivity index (χ1v) is 8.85. The molecular weight excluding hydrogens is 354 g/mol. The van der Waals surface area contributed by atoms with Gasteiger partial charge in [0.2, 0.25) is 0 Å². The van der Waals surface area contributed by atoms with Crippen molar-refractivity contribution in [3.05, 3.63) is 53.1 Å². The van der Waals surface area contributed by atoms with E-state index in [1.54, 1.807) is 24.3 Å². The highest BCUT2D eigenvalue weighted by molar-refractivity contribution is 6.30. The second-order valence-corrected chi connectivity index (χ2v) is 6.74. The van der Waals surface area contributed by atoms with Crippen LogP contribution in [0.2, 0.25) is 5.02 Å². The molecule has 8 heteroatoms. The zero-order valence-electron chi connectivity index (χ0n) is 14.1. The van der Waals surface area contributed by atoms with Crippen molar-refractivity contribution in [2.75, 3.05) is 5.32 Å². The zero-order valence-corrected chi connectivity index (χ0v) is 14.9. The minimum absolute atomic E-state index is 0.00818. The third-order valence-corrected chi connectivity index (χ3v) is 4.59. The average Bonchev–Trinajstić information content (AvgIpc) is 2.65. The number of amides is 2. The molecule has 0 bridgehead atoms. The maximum absolute atomic E-state index is 12.6. The van der Waals surface area contributed by atoms with Crippen LogP contribution in [-0.4, -0.2) is 33.9 Å². The standard InChI is InChI=1S/C18H20ClN5O2/c19-11-1-5-13(6-2-11)23-17(25)15-16(22-10-9-21-15)18(26)24-14-7-3-12(20)4-8-14/h1-2,5-6,9-10,12,14H,3-4,7-8,20H2,(H,23,25)(H,24,26). The number of carbonyl (C=O) groups is 2. The van der Waals surface area contributed by atoms with Gasteiger partial charge in [0.25, 0.3) is 11.8 Å². The van der Waals surface area contributed by atoms with Gasteiger partial charge < -0.3 is 16.4 Å². The van der Waals surface area contributed by atoms with E-state index in [-0.39, 0.29) is 23.5 Å². The van der Waals surface area contributed by atoms with Crippen LogP contribution in [-0.2, 0) is 0 Å². The lowest BCUT2D eigenvalue weighted by Gasteiger charge is -2.26. The van der Waals surface area contributed by atoms with Gasteiger partial charge >= 0.3 is 0 Å². The highest BCUT2D eigenvalue weighted by Crippen LogP contribution is 2.18. The van der Waals surface area contributed by atoms with Gasteiger partial charge in [-0.25, -0.2) is 9.97 Å². The van der Waals surface area contributed by atoms with E-state index in [1.807, 2.05) is 0 Å². The Morgan fingerprint density at radius 2 is 1.54 bits per heavy atom. The van der Waals surface area contributed by atoms with Gasteiger partial charge in [-0.15, -0.1) is 0 Å². The molecule has 7 nitrogen and oxygen atoms in total. The van der Waals surface area contributed by atoms with Crippen molar-refractivity contribution < 1.29 is 9.59 Å². The number of hydrogen-bond donors (Lipinski definition) is 3. The topological polar surface area (TPSA) is 110 Å². The molecule has 1 aromatic heterocycles. The molecule has 3 rings (SSSR count). The molecule has 1 fully saturated rings. The summed E-state index contributed by atoms with van der Waals surface area (Å²) in [5, 5.41) is 6.19. The smallest absolute Gasteiger partial charge is 0.276 e. The summed E-state index contributed by atoms with van der Waals surface area (Å²) in [4.78, 5) is 33.2. The number of nitrogens with one attached hydrogen (secondary N) is 2. The first kappa shape index (κ1) is 18.3. The lowest BCUT2D eigenvalue weighted by molar-refractivity contribution is 0.0908. The molecule has 1 saturated carbocycles. The number of rotatable bonds is 4. The van der Waals surface area contributed by atoms with E-state index in [0.717, 1.165) is 25.7 Å². The minimum atomic E-state index is -0.503. The molecule has 26 heavy (non-hydrogen) atoms. The highest BCUT2D eigenvalue weighted by Gasteiger charge is 2.24. The predicted octanol–water partition coefficient (Wildman–Crippen LogP) is 2.38. The normalized spacial score (nSPS) is 19.6. The number of nitrogens with zero attached hydrogens (tertiary/aromatic N) is 2. The quantitative estimate of drug-likeness (QED) is 0.762. The number of anilines is 1. The van der Waals surface area contributed by atoms with Crippen LogP contribution in [0.15, 0.2) is 36.7 Å². The van der Waals surface area contributed by atoms with Crippen LogP contribution in [0, 0.1) is 0 Å². The molecule has 0 atom stereocenters. The second-order valence-electron chi connectivity index (χ2n) is 6.30. The van der Waals surface area contributed by atoms with Gasteiger partial charge in [-0.05, 0) is 49.9 Å². The van der Waals surface area contributed by atoms with E-state index >= 15 is 0 Å². The van der Waals surface area contributed by atoms with E-state index in [0.29, 0.717) is 10.7 Å². The van der Waals surface area contributed by atoms with Crippen LogP contribution < -0.4 is 16.4 Å². The van der Waals surface area contributed by atoms with Crippen LogP contribution in [0.3, 0.4) is 0 Å². The Kier molecular flexibility index (Phi) is 5.80. The first-order chi connectivity index (χ1) is 12.5. The van der Waals surface area contributed by atoms with E-state index in [9.17, 15) is 9.59 Å². The maximum atomic E-state index is 12.6. The third-order valence-electron chi connectivity index (χ3n) is 4.34. The summed E-state index contributed by atoms with van der Waals surface area (Å²) in [5.41, 5.74) is 6.43. The molecule has 0 radical (unpaired) electrons. The van der Waals surface area contributed by atoms with E-state index < -0.39 is 11.8 Å². The van der Waals surface area contributed by atoms with Crippen LogP contribution >= 0.6 is 11.6 Å². The van der Waals surface area contributed by atoms with Crippen molar-refractivity contribution in [1.29, 1.82) is 0 Å². The summed E-state index contributed by atoms with van der Waals surface area (Å²) >= 11 is 5.84. The van der Waals surface area contributed by atoms with Crippen molar-refractivity contribution in [2.24, 2.45) is 5.73 Å². The van der Waals surface area contributed by atoms with Gasteiger partial charge in [-0.3, -0.25) is 9.59 Å². The Bertz CT molecular complexity index is 788. The van der Waals surface area contributed by atoms with Crippen molar-refractivity contribution in [3.8, 4) is 0 Å². The Morgan fingerprint density at radius 3 is 2.15 bits per heavy atom. The van der Waals surface area contributed by atoms with Gasteiger partial charge in [-0.1, -0.05) is 11.6 Å². The van der Waals surface area contributed by atoms with Gasteiger partial charge in [0.05, 0.1) is 0 Å². The molecule has 4 N–H and O–H groups in total.